The van der Waals surface area contributed by atoms with Crippen molar-refractivity contribution in [3.05, 3.63) is 23.8 Å². The summed E-state index contributed by atoms with van der Waals surface area (Å²) < 4.78 is 21.9. The minimum atomic E-state index is -1.02. The van der Waals surface area contributed by atoms with Crippen LogP contribution in [-0.2, 0) is 39.8 Å². The van der Waals surface area contributed by atoms with E-state index >= 15 is 0 Å². The number of anilines is 1. The Morgan fingerprint density at radius 2 is 1.68 bits per heavy atom. The molecule has 0 saturated carbocycles. The molecule has 3 rings (SSSR count). The zero-order valence-corrected chi connectivity index (χ0v) is 15.9. The van der Waals surface area contributed by atoms with Gasteiger partial charge in [-0.2, -0.15) is 0 Å². The fourth-order valence-corrected chi connectivity index (χ4v) is 3.70. The lowest BCUT2D eigenvalue weighted by Gasteiger charge is -2.44. The second kappa shape index (κ2) is 8.05. The Bertz CT molecular complexity index is 779. The monoisotopic (exact) mass is 393 g/mol. The van der Waals surface area contributed by atoms with E-state index in [0.29, 0.717) is 13.0 Å². The third-order valence-corrected chi connectivity index (χ3v) is 4.67. The number of phenolic OH excluding ortho intramolecular Hbond substituents is 1. The van der Waals surface area contributed by atoms with Crippen LogP contribution in [0.2, 0.25) is 0 Å². The van der Waals surface area contributed by atoms with Gasteiger partial charge in [0.05, 0.1) is 6.61 Å². The summed E-state index contributed by atoms with van der Waals surface area (Å²) in [4.78, 5) is 36.7. The van der Waals surface area contributed by atoms with Crippen molar-refractivity contribution in [1.82, 2.24) is 0 Å². The average molecular weight is 393 g/mol. The van der Waals surface area contributed by atoms with E-state index in [0.717, 1.165) is 11.3 Å². The van der Waals surface area contributed by atoms with Crippen LogP contribution in [0, 0.1) is 0 Å². The number of nitrogens with zero attached hydrogens (tertiary/aromatic N) is 1. The Balaban J connectivity index is 1.95. The highest BCUT2D eigenvalue weighted by Crippen LogP contribution is 2.38. The molecule has 152 valence electrons. The first kappa shape index (κ1) is 19.9. The topological polar surface area (TPSA) is 112 Å². The minimum Gasteiger partial charge on any atom is -0.508 e. The summed E-state index contributed by atoms with van der Waals surface area (Å²) >= 11 is 0. The molecule has 28 heavy (non-hydrogen) atoms. The molecule has 2 heterocycles. The number of esters is 3. The Kier molecular flexibility index (Phi) is 5.73. The van der Waals surface area contributed by atoms with Gasteiger partial charge in [0, 0.05) is 38.6 Å². The summed E-state index contributed by atoms with van der Waals surface area (Å²) in [6.45, 7) is 4.17. The van der Waals surface area contributed by atoms with Gasteiger partial charge < -0.3 is 29.0 Å². The van der Waals surface area contributed by atoms with Gasteiger partial charge in [-0.3, -0.25) is 14.4 Å². The van der Waals surface area contributed by atoms with E-state index < -0.39 is 42.4 Å². The fraction of sp³-hybridized carbons (Fsp3) is 0.526. The van der Waals surface area contributed by atoms with Gasteiger partial charge in [0.15, 0.2) is 24.5 Å². The van der Waals surface area contributed by atoms with Crippen LogP contribution in [-0.4, -0.2) is 60.7 Å². The lowest BCUT2D eigenvalue weighted by Crippen LogP contribution is -2.62. The van der Waals surface area contributed by atoms with Crippen LogP contribution in [0.25, 0.3) is 0 Å². The average Bonchev–Trinajstić information content (AvgIpc) is 3.02. The molecule has 0 bridgehead atoms. The first-order valence-corrected chi connectivity index (χ1v) is 8.98. The van der Waals surface area contributed by atoms with Crippen LogP contribution >= 0.6 is 0 Å². The molecule has 9 nitrogen and oxygen atoms in total. The first-order valence-electron chi connectivity index (χ1n) is 8.98. The normalized spacial score (nSPS) is 26.3. The Hall–Kier alpha value is -2.81. The Morgan fingerprint density at radius 1 is 1.04 bits per heavy atom. The molecule has 0 aromatic heterocycles. The lowest BCUT2D eigenvalue weighted by atomic mass is 10.0. The number of benzene rings is 1. The second-order valence-corrected chi connectivity index (χ2v) is 6.74. The number of carbonyl (C=O) groups excluding carboxylic acids is 3. The van der Waals surface area contributed by atoms with Crippen LogP contribution in [0.1, 0.15) is 26.3 Å². The predicted octanol–water partition coefficient (Wildman–Crippen LogP) is 0.906. The summed E-state index contributed by atoms with van der Waals surface area (Å²) in [6.07, 6.45) is -3.14. The maximum Gasteiger partial charge on any atom is 0.303 e. The van der Waals surface area contributed by atoms with Crippen molar-refractivity contribution in [3.63, 3.8) is 0 Å². The van der Waals surface area contributed by atoms with E-state index in [1.807, 2.05) is 11.0 Å². The predicted molar refractivity (Wildman–Crippen MR) is 95.6 cm³/mol. The molecule has 1 aromatic carbocycles. The summed E-state index contributed by atoms with van der Waals surface area (Å²) in [5.41, 5.74) is 1.51. The maximum absolute atomic E-state index is 11.7. The second-order valence-electron chi connectivity index (χ2n) is 6.74. The number of hydrogen-bond acceptors (Lipinski definition) is 9. The van der Waals surface area contributed by atoms with Crippen molar-refractivity contribution in [2.24, 2.45) is 0 Å². The van der Waals surface area contributed by atoms with Gasteiger partial charge in [-0.25, -0.2) is 0 Å². The van der Waals surface area contributed by atoms with E-state index in [1.165, 1.54) is 20.8 Å². The van der Waals surface area contributed by atoms with Crippen molar-refractivity contribution in [2.45, 2.75) is 51.7 Å². The summed E-state index contributed by atoms with van der Waals surface area (Å²) in [6, 6.07) is 5.14. The molecule has 0 unspecified atom stereocenters. The molecular formula is C19H23NO8. The zero-order valence-electron chi connectivity index (χ0n) is 15.9. The molecule has 0 spiro atoms. The highest BCUT2D eigenvalue weighted by Gasteiger charge is 2.50. The SMILES string of the molecule is CC(=O)O[C@@H]1[C@@H](OC(C)=O)[C@H](OC(C)=O)CO[C@H]1N1CCc2c(O)cccc21. The van der Waals surface area contributed by atoms with Gasteiger partial charge in [0.1, 0.15) is 5.75 Å². The quantitative estimate of drug-likeness (QED) is 0.589. The Morgan fingerprint density at radius 3 is 2.32 bits per heavy atom. The molecule has 1 N–H and O–H groups in total. The van der Waals surface area contributed by atoms with E-state index in [2.05, 4.69) is 0 Å². The summed E-state index contributed by atoms with van der Waals surface area (Å²) in [5.74, 6) is -1.58. The molecule has 4 atom stereocenters. The van der Waals surface area contributed by atoms with Gasteiger partial charge >= 0.3 is 17.9 Å². The summed E-state index contributed by atoms with van der Waals surface area (Å²) in [7, 11) is 0. The molecule has 1 saturated heterocycles. The van der Waals surface area contributed by atoms with Crippen molar-refractivity contribution in [3.8, 4) is 5.75 Å². The summed E-state index contributed by atoms with van der Waals surface area (Å²) in [5, 5.41) is 10.1. The number of phenols is 1. The van der Waals surface area contributed by atoms with Crippen LogP contribution in [0.4, 0.5) is 5.69 Å². The molecule has 1 aromatic rings. The van der Waals surface area contributed by atoms with Gasteiger partial charge in [-0.05, 0) is 18.6 Å². The number of carbonyl (C=O) groups is 3. The standard InChI is InChI=1S/C19H23NO8/c1-10(21)26-16-9-25-19(18(28-12(3)23)17(16)27-11(2)22)20-8-7-13-14(20)5-4-6-15(13)24/h4-6,16-19,24H,7-9H2,1-3H3/t16-,17+,18-,19-/m1/s1. The third kappa shape index (κ3) is 4.04. The number of rotatable bonds is 4. The van der Waals surface area contributed by atoms with Crippen molar-refractivity contribution in [2.75, 3.05) is 18.1 Å². The van der Waals surface area contributed by atoms with Crippen LogP contribution in [0.5, 0.6) is 5.75 Å². The highest BCUT2D eigenvalue weighted by molar-refractivity contribution is 5.69. The van der Waals surface area contributed by atoms with Gasteiger partial charge in [0.25, 0.3) is 0 Å². The number of fused-ring (bicyclic) bond motifs is 1. The molecule has 9 heteroatoms. The van der Waals surface area contributed by atoms with Crippen LogP contribution in [0.3, 0.4) is 0 Å². The molecule has 0 radical (unpaired) electrons. The number of aromatic hydroxyl groups is 1. The third-order valence-electron chi connectivity index (χ3n) is 4.67. The maximum atomic E-state index is 11.7. The van der Waals surface area contributed by atoms with E-state index in [1.54, 1.807) is 12.1 Å². The molecule has 2 aliphatic heterocycles. The number of hydrogen-bond donors (Lipinski definition) is 1. The van der Waals surface area contributed by atoms with Crippen LogP contribution in [0.15, 0.2) is 18.2 Å². The minimum absolute atomic E-state index is 0.0371. The lowest BCUT2D eigenvalue weighted by molar-refractivity contribution is -0.225. The Labute approximate surface area is 162 Å². The van der Waals surface area contributed by atoms with Gasteiger partial charge in [-0.1, -0.05) is 6.07 Å². The van der Waals surface area contributed by atoms with Crippen molar-refractivity contribution in [1.29, 1.82) is 0 Å². The van der Waals surface area contributed by atoms with E-state index in [4.69, 9.17) is 18.9 Å². The van der Waals surface area contributed by atoms with E-state index in [9.17, 15) is 19.5 Å². The molecule has 0 aliphatic carbocycles. The van der Waals surface area contributed by atoms with Crippen molar-refractivity contribution < 1.29 is 38.4 Å². The van der Waals surface area contributed by atoms with Crippen molar-refractivity contribution >= 4 is 23.6 Å². The molecule has 2 aliphatic rings. The zero-order chi connectivity index (χ0) is 20.4. The van der Waals surface area contributed by atoms with Gasteiger partial charge in [0.2, 0.25) is 0 Å². The molecule has 0 amide bonds. The van der Waals surface area contributed by atoms with Gasteiger partial charge in [-0.15, -0.1) is 0 Å². The van der Waals surface area contributed by atoms with E-state index in [-0.39, 0.29) is 12.4 Å². The van der Waals surface area contributed by atoms with Crippen LogP contribution < -0.4 is 4.90 Å². The smallest absolute Gasteiger partial charge is 0.303 e. The first-order chi connectivity index (χ1) is 13.3. The molecular weight excluding hydrogens is 370 g/mol. The fourth-order valence-electron chi connectivity index (χ4n) is 3.70. The molecule has 1 fully saturated rings. The highest BCUT2D eigenvalue weighted by atomic mass is 16.6. The number of ether oxygens (including phenoxy) is 4. The largest absolute Gasteiger partial charge is 0.508 e.